The van der Waals surface area contributed by atoms with Crippen LogP contribution in [-0.4, -0.2) is 49.6 Å². The molecule has 16 heavy (non-hydrogen) atoms. The first-order valence-electron chi connectivity index (χ1n) is 4.21. The van der Waals surface area contributed by atoms with Crippen LogP contribution in [-0.2, 0) is 10.1 Å². The lowest BCUT2D eigenvalue weighted by Gasteiger charge is -2.21. The first-order chi connectivity index (χ1) is 7.12. The van der Waals surface area contributed by atoms with Gasteiger partial charge in [-0.05, 0) is 6.92 Å². The van der Waals surface area contributed by atoms with Gasteiger partial charge in [0.2, 0.25) is 0 Å². The zero-order chi connectivity index (χ0) is 13.1. The quantitative estimate of drug-likeness (QED) is 0.589. The lowest BCUT2D eigenvalue weighted by Crippen LogP contribution is -2.43. The molecule has 0 aliphatic rings. The summed E-state index contributed by atoms with van der Waals surface area (Å²) in [6.45, 7) is -1.27. The highest BCUT2D eigenvalue weighted by atomic mass is 32.2. The molecule has 0 aromatic rings. The molecule has 3 nitrogen and oxygen atoms in total. The van der Waals surface area contributed by atoms with E-state index in [0.717, 1.165) is 0 Å². The van der Waals surface area contributed by atoms with Crippen molar-refractivity contribution in [3.63, 3.8) is 0 Å². The predicted molar refractivity (Wildman–Crippen MR) is 46.6 cm³/mol. The second kappa shape index (κ2) is 5.76. The van der Waals surface area contributed by atoms with Crippen molar-refractivity contribution in [3.8, 4) is 0 Å². The standard InChI is InChI=1S/C7H11F5O3S/c1-3(16(13,14)15)5(10)7(12)6(11)4(9)2-8/h3-7H,2H2,1H3,(H,13,14,15)/t3?,4-,5?,6?,7?/m1/s1. The molecule has 0 radical (unpaired) electrons. The Kier molecular flexibility index (Phi) is 5.60. The van der Waals surface area contributed by atoms with Gasteiger partial charge in [-0.1, -0.05) is 0 Å². The van der Waals surface area contributed by atoms with Crippen molar-refractivity contribution < 1.29 is 34.9 Å². The van der Waals surface area contributed by atoms with E-state index < -0.39 is 46.7 Å². The summed E-state index contributed by atoms with van der Waals surface area (Å²) in [4.78, 5) is 0. The van der Waals surface area contributed by atoms with Crippen molar-refractivity contribution in [2.75, 3.05) is 6.67 Å². The van der Waals surface area contributed by atoms with E-state index in [4.69, 9.17) is 4.55 Å². The third-order valence-electron chi connectivity index (χ3n) is 2.02. The van der Waals surface area contributed by atoms with Gasteiger partial charge in [-0.15, -0.1) is 0 Å². The summed E-state index contributed by atoms with van der Waals surface area (Å²) in [5, 5.41) is -2.26. The number of alkyl halides is 5. The summed E-state index contributed by atoms with van der Waals surface area (Å²) in [7, 11) is -4.91. The fourth-order valence-electron chi connectivity index (χ4n) is 0.883. The van der Waals surface area contributed by atoms with Crippen LogP contribution in [0.3, 0.4) is 0 Å². The fraction of sp³-hybridized carbons (Fsp3) is 1.00. The van der Waals surface area contributed by atoms with Gasteiger partial charge in [0.05, 0.1) is 0 Å². The highest BCUT2D eigenvalue weighted by molar-refractivity contribution is 7.86. The molecular formula is C7H11F5O3S. The normalized spacial score (nSPS) is 22.2. The predicted octanol–water partition coefficient (Wildman–Crippen LogP) is 1.58. The monoisotopic (exact) mass is 270 g/mol. The topological polar surface area (TPSA) is 54.4 Å². The molecular weight excluding hydrogens is 259 g/mol. The van der Waals surface area contributed by atoms with Gasteiger partial charge < -0.3 is 0 Å². The molecule has 0 aromatic carbocycles. The van der Waals surface area contributed by atoms with E-state index >= 15 is 0 Å². The maximum absolute atomic E-state index is 13.0. The van der Waals surface area contributed by atoms with Gasteiger partial charge in [-0.25, -0.2) is 22.0 Å². The molecule has 0 amide bonds. The van der Waals surface area contributed by atoms with Crippen LogP contribution in [0.25, 0.3) is 0 Å². The first-order valence-corrected chi connectivity index (χ1v) is 5.71. The van der Waals surface area contributed by atoms with Crippen molar-refractivity contribution >= 4 is 10.1 Å². The Morgan fingerprint density at radius 3 is 1.81 bits per heavy atom. The van der Waals surface area contributed by atoms with E-state index in [9.17, 15) is 30.4 Å². The van der Waals surface area contributed by atoms with Crippen molar-refractivity contribution in [2.24, 2.45) is 0 Å². The maximum atomic E-state index is 13.0. The molecule has 98 valence electrons. The van der Waals surface area contributed by atoms with Crippen LogP contribution < -0.4 is 0 Å². The van der Waals surface area contributed by atoms with Crippen LogP contribution in [0.15, 0.2) is 0 Å². The second-order valence-electron chi connectivity index (χ2n) is 3.22. The Balaban J connectivity index is 4.67. The van der Waals surface area contributed by atoms with Gasteiger partial charge in [0, 0.05) is 0 Å². The molecule has 1 N–H and O–H groups in total. The van der Waals surface area contributed by atoms with E-state index in [-0.39, 0.29) is 0 Å². The van der Waals surface area contributed by atoms with Crippen LogP contribution in [0.4, 0.5) is 22.0 Å². The summed E-state index contributed by atoms with van der Waals surface area (Å²) in [5.74, 6) is 0. The molecule has 4 unspecified atom stereocenters. The van der Waals surface area contributed by atoms with E-state index in [2.05, 4.69) is 0 Å². The maximum Gasteiger partial charge on any atom is 0.270 e. The average Bonchev–Trinajstić information content (AvgIpc) is 2.22. The average molecular weight is 270 g/mol. The summed E-state index contributed by atoms with van der Waals surface area (Å²) >= 11 is 0. The largest absolute Gasteiger partial charge is 0.285 e. The van der Waals surface area contributed by atoms with E-state index in [1.807, 2.05) is 0 Å². The SMILES string of the molecule is CC(C(F)C(F)C(F)[C@H](F)CF)S(=O)(=O)O. The molecule has 0 aliphatic carbocycles. The summed E-state index contributed by atoms with van der Waals surface area (Å²) in [6, 6.07) is 0. The minimum Gasteiger partial charge on any atom is -0.285 e. The van der Waals surface area contributed by atoms with Crippen LogP contribution in [0.1, 0.15) is 6.92 Å². The summed E-state index contributed by atoms with van der Waals surface area (Å²) < 4.78 is 91.7. The minimum absolute atomic E-state index is 0.585. The lowest BCUT2D eigenvalue weighted by molar-refractivity contribution is 0.0236. The zero-order valence-corrected chi connectivity index (χ0v) is 8.97. The Morgan fingerprint density at radius 1 is 1.06 bits per heavy atom. The molecule has 0 saturated heterocycles. The molecule has 5 atom stereocenters. The first kappa shape index (κ1) is 15.6. The number of halogens is 5. The summed E-state index contributed by atoms with van der Waals surface area (Å²) in [6.07, 6.45) is -12.1. The van der Waals surface area contributed by atoms with E-state index in [0.29, 0.717) is 6.92 Å². The van der Waals surface area contributed by atoms with Crippen LogP contribution >= 0.6 is 0 Å². The Labute approximate surface area is 89.4 Å². The van der Waals surface area contributed by atoms with Crippen molar-refractivity contribution in [1.82, 2.24) is 0 Å². The van der Waals surface area contributed by atoms with Gasteiger partial charge in [0.15, 0.2) is 24.7 Å². The molecule has 0 saturated carbocycles. The minimum atomic E-state index is -4.91. The molecule has 0 spiro atoms. The van der Waals surface area contributed by atoms with Gasteiger partial charge in [-0.3, -0.25) is 4.55 Å². The van der Waals surface area contributed by atoms with Gasteiger partial charge in [0.25, 0.3) is 10.1 Å². The smallest absolute Gasteiger partial charge is 0.270 e. The van der Waals surface area contributed by atoms with Gasteiger partial charge >= 0.3 is 0 Å². The molecule has 0 bridgehead atoms. The number of hydrogen-bond donors (Lipinski definition) is 1. The molecule has 0 fully saturated rings. The zero-order valence-electron chi connectivity index (χ0n) is 8.16. The number of hydrogen-bond acceptors (Lipinski definition) is 2. The van der Waals surface area contributed by atoms with Crippen LogP contribution in [0, 0.1) is 0 Å². The van der Waals surface area contributed by atoms with Crippen molar-refractivity contribution in [2.45, 2.75) is 36.9 Å². The molecule has 9 heteroatoms. The van der Waals surface area contributed by atoms with Gasteiger partial charge in [-0.2, -0.15) is 8.42 Å². The van der Waals surface area contributed by atoms with Crippen molar-refractivity contribution in [1.29, 1.82) is 0 Å². The third kappa shape index (κ3) is 3.85. The third-order valence-corrected chi connectivity index (χ3v) is 3.22. The Bertz CT molecular complexity index is 309. The van der Waals surface area contributed by atoms with Crippen LogP contribution in [0.2, 0.25) is 0 Å². The second-order valence-corrected chi connectivity index (χ2v) is 5.00. The Morgan fingerprint density at radius 2 is 1.50 bits per heavy atom. The van der Waals surface area contributed by atoms with E-state index in [1.165, 1.54) is 0 Å². The Hall–Kier alpha value is -0.440. The fourth-order valence-corrected chi connectivity index (χ4v) is 1.36. The van der Waals surface area contributed by atoms with Crippen LogP contribution in [0.5, 0.6) is 0 Å². The molecule has 0 rings (SSSR count). The highest BCUT2D eigenvalue weighted by Gasteiger charge is 2.42. The molecule has 0 aromatic heterocycles. The molecule has 0 aliphatic heterocycles. The highest BCUT2D eigenvalue weighted by Crippen LogP contribution is 2.22. The van der Waals surface area contributed by atoms with Crippen molar-refractivity contribution in [3.05, 3.63) is 0 Å². The van der Waals surface area contributed by atoms with Gasteiger partial charge in [0.1, 0.15) is 11.9 Å². The lowest BCUT2D eigenvalue weighted by atomic mass is 10.1. The molecule has 0 heterocycles. The number of rotatable bonds is 6. The summed E-state index contributed by atoms with van der Waals surface area (Å²) in [5.41, 5.74) is 0. The van der Waals surface area contributed by atoms with E-state index in [1.54, 1.807) is 0 Å².